The van der Waals surface area contributed by atoms with Gasteiger partial charge in [-0.15, -0.1) is 22.7 Å². The fraction of sp³-hybridized carbons (Fsp3) is 0. The van der Waals surface area contributed by atoms with Crippen molar-refractivity contribution in [3.8, 4) is 11.1 Å². The maximum absolute atomic E-state index is 2.40. The third-order valence-corrected chi connectivity index (χ3v) is 12.1. The van der Waals surface area contributed by atoms with E-state index < -0.39 is 0 Å². The Bertz CT molecular complexity index is 2800. The van der Waals surface area contributed by atoms with Crippen LogP contribution in [0.1, 0.15) is 0 Å². The second kappa shape index (κ2) is 12.8. The summed E-state index contributed by atoms with van der Waals surface area (Å²) < 4.78 is 5.16. The number of para-hydroxylation sites is 2. The van der Waals surface area contributed by atoms with Crippen LogP contribution < -0.4 is 9.80 Å². The van der Waals surface area contributed by atoms with Crippen LogP contribution in [0.2, 0.25) is 0 Å². The van der Waals surface area contributed by atoms with Crippen LogP contribution in [-0.2, 0) is 0 Å². The van der Waals surface area contributed by atoms with Gasteiger partial charge in [-0.05, 0) is 96.1 Å². The van der Waals surface area contributed by atoms with Crippen molar-refractivity contribution in [1.82, 2.24) is 0 Å². The third kappa shape index (κ3) is 5.41. The van der Waals surface area contributed by atoms with Gasteiger partial charge in [0.2, 0.25) is 0 Å². The number of hydrogen-bond donors (Lipinski definition) is 0. The van der Waals surface area contributed by atoms with Gasteiger partial charge in [-0.2, -0.15) is 0 Å². The van der Waals surface area contributed by atoms with Crippen LogP contribution in [0.25, 0.3) is 51.5 Å². The molecule has 10 aromatic rings. The zero-order valence-electron chi connectivity index (χ0n) is 28.2. The van der Waals surface area contributed by atoms with E-state index in [-0.39, 0.29) is 0 Å². The Balaban J connectivity index is 1.10. The molecule has 0 saturated heterocycles. The highest BCUT2D eigenvalue weighted by Crippen LogP contribution is 2.45. The maximum atomic E-state index is 2.40. The summed E-state index contributed by atoms with van der Waals surface area (Å²) in [5.41, 5.74) is 9.27. The van der Waals surface area contributed by atoms with E-state index in [9.17, 15) is 0 Å². The van der Waals surface area contributed by atoms with Crippen LogP contribution in [0.5, 0.6) is 0 Å². The molecule has 0 aliphatic heterocycles. The Kier molecular flexibility index (Phi) is 7.56. The summed E-state index contributed by atoms with van der Waals surface area (Å²) in [4.78, 5) is 4.74. The number of benzene rings is 8. The van der Waals surface area contributed by atoms with Crippen molar-refractivity contribution >= 4 is 97.1 Å². The molecule has 0 amide bonds. The molecule has 2 aromatic heterocycles. The van der Waals surface area contributed by atoms with E-state index in [0.717, 1.165) is 34.1 Å². The molecule has 0 bridgehead atoms. The van der Waals surface area contributed by atoms with Crippen molar-refractivity contribution < 1.29 is 0 Å². The molecule has 2 heterocycles. The Morgan fingerprint density at radius 3 is 1.29 bits per heavy atom. The number of hydrogen-bond acceptors (Lipinski definition) is 4. The molecule has 0 fully saturated rings. The van der Waals surface area contributed by atoms with Gasteiger partial charge in [-0.3, -0.25) is 0 Å². The highest BCUT2D eigenvalue weighted by Gasteiger charge is 2.18. The van der Waals surface area contributed by atoms with Crippen LogP contribution in [0.3, 0.4) is 0 Å². The van der Waals surface area contributed by atoms with Crippen LogP contribution in [0, 0.1) is 0 Å². The first-order chi connectivity index (χ1) is 25.8. The minimum absolute atomic E-state index is 1.13. The van der Waals surface area contributed by atoms with Gasteiger partial charge < -0.3 is 9.80 Å². The predicted octanol–water partition coefficient (Wildman–Crippen LogP) is 15.0. The summed E-state index contributed by atoms with van der Waals surface area (Å²) in [6, 6.07) is 70.3. The molecule has 2 nitrogen and oxygen atoms in total. The van der Waals surface area contributed by atoms with E-state index in [1.54, 1.807) is 0 Å². The quantitative estimate of drug-likeness (QED) is 0.163. The van der Waals surface area contributed by atoms with Crippen LogP contribution in [-0.4, -0.2) is 0 Å². The zero-order chi connectivity index (χ0) is 34.4. The molecule has 52 heavy (non-hydrogen) atoms. The molecule has 8 aromatic carbocycles. The number of fused-ring (bicyclic) bond motifs is 6. The van der Waals surface area contributed by atoms with E-state index in [1.807, 2.05) is 22.7 Å². The first kappa shape index (κ1) is 30.6. The van der Waals surface area contributed by atoms with Gasteiger partial charge in [0.1, 0.15) is 0 Å². The predicted molar refractivity (Wildman–Crippen MR) is 227 cm³/mol. The molecule has 10 rings (SSSR count). The first-order valence-electron chi connectivity index (χ1n) is 17.5. The summed E-state index contributed by atoms with van der Waals surface area (Å²) in [6.45, 7) is 0. The molecule has 0 saturated carbocycles. The minimum atomic E-state index is 1.13. The number of thiophene rings is 2. The standard InChI is InChI=1S/C48H32N2S2/c1-4-12-33(13-5-1)34-20-22-37(23-21-34)50(39-24-27-42-41-18-10-11-19-45(41)51-47(42)31-39)40-25-28-43-44-30-38(26-29-46(44)52-48(43)32-40)49(35-14-6-2-7-15-35)36-16-8-3-9-17-36/h1-32H. The zero-order valence-corrected chi connectivity index (χ0v) is 29.8. The Labute approximate surface area is 310 Å². The molecule has 0 N–H and O–H groups in total. The van der Waals surface area contributed by atoms with Gasteiger partial charge in [0.25, 0.3) is 0 Å². The van der Waals surface area contributed by atoms with E-state index in [4.69, 9.17) is 0 Å². The summed E-state index contributed by atoms with van der Waals surface area (Å²) >= 11 is 3.72. The van der Waals surface area contributed by atoms with Crippen molar-refractivity contribution in [1.29, 1.82) is 0 Å². The van der Waals surface area contributed by atoms with Gasteiger partial charge in [0, 0.05) is 74.5 Å². The molecule has 246 valence electrons. The monoisotopic (exact) mass is 700 g/mol. The lowest BCUT2D eigenvalue weighted by Gasteiger charge is -2.26. The van der Waals surface area contributed by atoms with Gasteiger partial charge in [0.15, 0.2) is 0 Å². The van der Waals surface area contributed by atoms with E-state index >= 15 is 0 Å². The van der Waals surface area contributed by atoms with E-state index in [0.29, 0.717) is 0 Å². The van der Waals surface area contributed by atoms with Crippen LogP contribution in [0.4, 0.5) is 34.1 Å². The van der Waals surface area contributed by atoms with Gasteiger partial charge in [-0.25, -0.2) is 0 Å². The second-order valence-electron chi connectivity index (χ2n) is 13.0. The molecule has 0 aliphatic carbocycles. The lowest BCUT2D eigenvalue weighted by atomic mass is 10.0. The third-order valence-electron chi connectivity index (χ3n) is 9.84. The molecular formula is C48H32N2S2. The van der Waals surface area contributed by atoms with Crippen molar-refractivity contribution in [2.75, 3.05) is 9.80 Å². The van der Waals surface area contributed by atoms with E-state index in [1.165, 1.54) is 51.5 Å². The fourth-order valence-corrected chi connectivity index (χ4v) is 9.63. The van der Waals surface area contributed by atoms with Crippen LogP contribution >= 0.6 is 22.7 Å². The van der Waals surface area contributed by atoms with Gasteiger partial charge in [0.05, 0.1) is 0 Å². The minimum Gasteiger partial charge on any atom is -0.310 e. The second-order valence-corrected chi connectivity index (χ2v) is 15.2. The maximum Gasteiger partial charge on any atom is 0.0476 e. The number of nitrogens with zero attached hydrogens (tertiary/aromatic N) is 2. The lowest BCUT2D eigenvalue weighted by molar-refractivity contribution is 1.29. The van der Waals surface area contributed by atoms with Crippen molar-refractivity contribution in [2.45, 2.75) is 0 Å². The molecule has 0 radical (unpaired) electrons. The number of anilines is 6. The largest absolute Gasteiger partial charge is 0.310 e. The van der Waals surface area contributed by atoms with Crippen molar-refractivity contribution in [3.05, 3.63) is 194 Å². The summed E-state index contributed by atoms with van der Waals surface area (Å²) in [6.07, 6.45) is 0. The molecule has 0 unspecified atom stereocenters. The normalized spacial score (nSPS) is 11.5. The average molecular weight is 701 g/mol. The SMILES string of the molecule is c1ccc(-c2ccc(N(c3ccc4c(c3)sc3ccccc34)c3ccc4c(c3)sc3ccc(N(c5ccccc5)c5ccccc5)cc34)cc2)cc1. The Morgan fingerprint density at radius 2 is 0.654 bits per heavy atom. The van der Waals surface area contributed by atoms with E-state index in [2.05, 4.69) is 204 Å². The summed E-state index contributed by atoms with van der Waals surface area (Å²) in [5.74, 6) is 0. The van der Waals surface area contributed by atoms with Crippen molar-refractivity contribution in [2.24, 2.45) is 0 Å². The fourth-order valence-electron chi connectivity index (χ4n) is 7.37. The highest BCUT2D eigenvalue weighted by atomic mass is 32.1. The molecule has 4 heteroatoms. The molecular weight excluding hydrogens is 669 g/mol. The van der Waals surface area contributed by atoms with Crippen molar-refractivity contribution in [3.63, 3.8) is 0 Å². The molecule has 0 spiro atoms. The van der Waals surface area contributed by atoms with Gasteiger partial charge >= 0.3 is 0 Å². The van der Waals surface area contributed by atoms with Crippen LogP contribution in [0.15, 0.2) is 194 Å². The topological polar surface area (TPSA) is 6.48 Å². The Morgan fingerprint density at radius 1 is 0.250 bits per heavy atom. The first-order valence-corrected chi connectivity index (χ1v) is 19.1. The number of rotatable bonds is 7. The molecule has 0 atom stereocenters. The smallest absolute Gasteiger partial charge is 0.0476 e. The molecule has 0 aliphatic rings. The summed E-state index contributed by atoms with van der Waals surface area (Å²) in [7, 11) is 0. The average Bonchev–Trinajstić information content (AvgIpc) is 3.77. The lowest BCUT2D eigenvalue weighted by Crippen LogP contribution is -2.09. The van der Waals surface area contributed by atoms with Gasteiger partial charge in [-0.1, -0.05) is 109 Å². The summed E-state index contributed by atoms with van der Waals surface area (Å²) in [5, 5.41) is 5.16. The Hall–Kier alpha value is -6.20. The highest BCUT2D eigenvalue weighted by molar-refractivity contribution is 7.26.